The Morgan fingerprint density at radius 2 is 1.92 bits per heavy atom. The van der Waals surface area contributed by atoms with Gasteiger partial charge in [-0.3, -0.25) is 4.79 Å². The minimum absolute atomic E-state index is 0.105. The molecule has 24 heavy (non-hydrogen) atoms. The monoisotopic (exact) mass is 359 g/mol. The number of amides is 1. The van der Waals surface area contributed by atoms with E-state index in [1.54, 1.807) is 0 Å². The van der Waals surface area contributed by atoms with Gasteiger partial charge < -0.3 is 14.5 Å². The number of aryl methyl sites for hydroxylation is 2. The Bertz CT molecular complexity index is 733. The number of aliphatic carboxylic acids is 1. The van der Waals surface area contributed by atoms with Gasteiger partial charge in [-0.25, -0.2) is 13.2 Å². The van der Waals surface area contributed by atoms with E-state index >= 15 is 0 Å². The Hall–Kier alpha value is -1.94. The molecule has 1 aromatic heterocycles. The van der Waals surface area contributed by atoms with Crippen LogP contribution >= 0.6 is 0 Å². The molecule has 1 fully saturated rings. The van der Waals surface area contributed by atoms with Crippen molar-refractivity contribution in [1.82, 2.24) is 14.8 Å². The number of aromatic nitrogens is 1. The van der Waals surface area contributed by atoms with Crippen LogP contribution < -0.4 is 4.72 Å². The van der Waals surface area contributed by atoms with Crippen LogP contribution in [0.25, 0.3) is 0 Å². The molecule has 2 N–H and O–H groups in total. The SMILES string of the molecule is Cc1noc(C)c1S(=O)(=O)NC(C)C(=O)N(C1CC1)C(C)C(=O)O. The molecule has 1 aliphatic rings. The molecular weight excluding hydrogens is 338 g/mol. The molecule has 2 rings (SSSR count). The zero-order valence-electron chi connectivity index (χ0n) is 13.9. The summed E-state index contributed by atoms with van der Waals surface area (Å²) >= 11 is 0. The smallest absolute Gasteiger partial charge is 0.326 e. The van der Waals surface area contributed by atoms with Crippen LogP contribution in [0.15, 0.2) is 9.42 Å². The maximum atomic E-state index is 12.6. The van der Waals surface area contributed by atoms with Gasteiger partial charge in [-0.15, -0.1) is 0 Å². The first-order valence-corrected chi connectivity index (χ1v) is 9.04. The normalized spacial score (nSPS) is 17.3. The highest BCUT2D eigenvalue weighted by atomic mass is 32.2. The molecule has 0 aromatic carbocycles. The predicted molar refractivity (Wildman–Crippen MR) is 82.7 cm³/mol. The van der Waals surface area contributed by atoms with Crippen molar-refractivity contribution in [3.63, 3.8) is 0 Å². The second-order valence-corrected chi connectivity index (χ2v) is 7.64. The van der Waals surface area contributed by atoms with Crippen LogP contribution in [0.2, 0.25) is 0 Å². The third-order valence-electron chi connectivity index (χ3n) is 3.91. The zero-order chi connectivity index (χ0) is 18.2. The number of carboxylic acid groups (broad SMARTS) is 1. The Morgan fingerprint density at radius 1 is 1.33 bits per heavy atom. The van der Waals surface area contributed by atoms with Gasteiger partial charge >= 0.3 is 5.97 Å². The van der Waals surface area contributed by atoms with E-state index in [2.05, 4.69) is 9.88 Å². The van der Waals surface area contributed by atoms with Crippen LogP contribution in [-0.4, -0.2) is 53.6 Å². The lowest BCUT2D eigenvalue weighted by molar-refractivity contribution is -0.150. The molecule has 0 bridgehead atoms. The molecule has 0 aliphatic heterocycles. The fraction of sp³-hybridized carbons (Fsp3) is 0.643. The summed E-state index contributed by atoms with van der Waals surface area (Å²) < 4.78 is 32.1. The van der Waals surface area contributed by atoms with Gasteiger partial charge in [0.15, 0.2) is 5.76 Å². The van der Waals surface area contributed by atoms with Crippen LogP contribution in [-0.2, 0) is 19.6 Å². The fourth-order valence-electron chi connectivity index (χ4n) is 2.58. The van der Waals surface area contributed by atoms with Crippen LogP contribution in [0.1, 0.15) is 38.1 Å². The van der Waals surface area contributed by atoms with Crippen molar-refractivity contribution in [3.05, 3.63) is 11.5 Å². The Kier molecular flexibility index (Phi) is 5.00. The lowest BCUT2D eigenvalue weighted by Crippen LogP contribution is -2.52. The number of hydrogen-bond donors (Lipinski definition) is 2. The Balaban J connectivity index is 2.20. The van der Waals surface area contributed by atoms with E-state index in [0.29, 0.717) is 12.8 Å². The van der Waals surface area contributed by atoms with Crippen LogP contribution in [0.5, 0.6) is 0 Å². The van der Waals surface area contributed by atoms with Gasteiger partial charge in [0, 0.05) is 6.04 Å². The average molecular weight is 359 g/mol. The van der Waals surface area contributed by atoms with Crippen LogP contribution in [0, 0.1) is 13.8 Å². The van der Waals surface area contributed by atoms with E-state index in [1.807, 2.05) is 0 Å². The highest BCUT2D eigenvalue weighted by Gasteiger charge is 2.41. The second-order valence-electron chi connectivity index (χ2n) is 5.99. The number of rotatable bonds is 7. The summed E-state index contributed by atoms with van der Waals surface area (Å²) in [6, 6.07) is -2.28. The number of nitrogens with one attached hydrogen (secondary N) is 1. The molecule has 1 amide bonds. The number of carboxylic acids is 1. The van der Waals surface area contributed by atoms with Gasteiger partial charge in [0.2, 0.25) is 15.9 Å². The summed E-state index contributed by atoms with van der Waals surface area (Å²) in [5, 5.41) is 12.8. The second kappa shape index (κ2) is 6.52. The molecule has 1 heterocycles. The lowest BCUT2D eigenvalue weighted by Gasteiger charge is -2.29. The Labute approximate surface area is 140 Å². The summed E-state index contributed by atoms with van der Waals surface area (Å²) in [5.74, 6) is -1.57. The number of carbonyl (C=O) groups excluding carboxylic acids is 1. The third-order valence-corrected chi connectivity index (χ3v) is 5.69. The molecule has 134 valence electrons. The molecule has 1 aromatic rings. The van der Waals surface area contributed by atoms with Gasteiger partial charge in [-0.05, 0) is 40.5 Å². The van der Waals surface area contributed by atoms with E-state index < -0.39 is 34.0 Å². The van der Waals surface area contributed by atoms with Gasteiger partial charge in [-0.1, -0.05) is 5.16 Å². The molecule has 0 spiro atoms. The van der Waals surface area contributed by atoms with E-state index in [1.165, 1.54) is 32.6 Å². The predicted octanol–water partition coefficient (Wildman–Crippen LogP) is 0.422. The maximum absolute atomic E-state index is 12.6. The molecule has 0 radical (unpaired) electrons. The van der Waals surface area contributed by atoms with E-state index in [0.717, 1.165) is 0 Å². The van der Waals surface area contributed by atoms with E-state index in [-0.39, 0.29) is 22.4 Å². The first-order chi connectivity index (χ1) is 11.1. The van der Waals surface area contributed by atoms with Crippen molar-refractivity contribution in [2.75, 3.05) is 0 Å². The highest BCUT2D eigenvalue weighted by Crippen LogP contribution is 2.29. The first-order valence-electron chi connectivity index (χ1n) is 7.56. The summed E-state index contributed by atoms with van der Waals surface area (Å²) in [6.45, 7) is 5.75. The summed E-state index contributed by atoms with van der Waals surface area (Å²) in [4.78, 5) is 24.9. The van der Waals surface area contributed by atoms with Crippen molar-refractivity contribution in [3.8, 4) is 0 Å². The molecular formula is C14H21N3O6S. The summed E-state index contributed by atoms with van der Waals surface area (Å²) in [5.41, 5.74) is 0.192. The number of hydrogen-bond acceptors (Lipinski definition) is 6. The Morgan fingerprint density at radius 3 is 2.33 bits per heavy atom. The number of sulfonamides is 1. The largest absolute Gasteiger partial charge is 0.480 e. The molecule has 2 atom stereocenters. The topological polar surface area (TPSA) is 130 Å². The van der Waals surface area contributed by atoms with E-state index in [9.17, 15) is 18.0 Å². The summed E-state index contributed by atoms with van der Waals surface area (Å²) in [6.07, 6.45) is 1.43. The highest BCUT2D eigenvalue weighted by molar-refractivity contribution is 7.89. The van der Waals surface area contributed by atoms with Crippen molar-refractivity contribution in [1.29, 1.82) is 0 Å². The number of carbonyl (C=O) groups is 2. The maximum Gasteiger partial charge on any atom is 0.326 e. The average Bonchev–Trinajstić information content (AvgIpc) is 3.23. The van der Waals surface area contributed by atoms with Gasteiger partial charge in [0.1, 0.15) is 16.6 Å². The molecule has 2 unspecified atom stereocenters. The molecule has 10 heteroatoms. The lowest BCUT2D eigenvalue weighted by atomic mass is 10.2. The molecule has 9 nitrogen and oxygen atoms in total. The molecule has 0 saturated heterocycles. The minimum Gasteiger partial charge on any atom is -0.480 e. The van der Waals surface area contributed by atoms with Gasteiger partial charge in [0.05, 0.1) is 6.04 Å². The third kappa shape index (κ3) is 3.59. The molecule has 1 saturated carbocycles. The fourth-order valence-corrected chi connectivity index (χ4v) is 4.11. The van der Waals surface area contributed by atoms with Crippen molar-refractivity contribution in [2.45, 2.75) is 63.6 Å². The standard InChI is InChI=1S/C14H21N3O6S/c1-7-12(10(4)23-15-7)24(21,22)16-8(2)13(18)17(11-5-6-11)9(3)14(19)20/h8-9,11,16H,5-6H2,1-4H3,(H,19,20). The number of nitrogens with zero attached hydrogens (tertiary/aromatic N) is 2. The quantitative estimate of drug-likeness (QED) is 0.721. The van der Waals surface area contributed by atoms with Crippen LogP contribution in [0.4, 0.5) is 0 Å². The minimum atomic E-state index is -4.01. The van der Waals surface area contributed by atoms with Crippen molar-refractivity contribution >= 4 is 21.9 Å². The summed E-state index contributed by atoms with van der Waals surface area (Å²) in [7, 11) is -4.01. The van der Waals surface area contributed by atoms with Crippen molar-refractivity contribution < 1.29 is 27.6 Å². The zero-order valence-corrected chi connectivity index (χ0v) is 14.8. The van der Waals surface area contributed by atoms with Gasteiger partial charge in [-0.2, -0.15) is 4.72 Å². The van der Waals surface area contributed by atoms with E-state index in [4.69, 9.17) is 9.63 Å². The van der Waals surface area contributed by atoms with Gasteiger partial charge in [0.25, 0.3) is 0 Å². The first kappa shape index (κ1) is 18.4. The van der Waals surface area contributed by atoms with Crippen molar-refractivity contribution in [2.24, 2.45) is 0 Å². The molecule has 1 aliphatic carbocycles. The van der Waals surface area contributed by atoms with Crippen LogP contribution in [0.3, 0.4) is 0 Å².